The van der Waals surface area contributed by atoms with Crippen LogP contribution in [0.5, 0.6) is 0 Å². The van der Waals surface area contributed by atoms with Gasteiger partial charge in [-0.3, -0.25) is 14.7 Å². The molecule has 25 heavy (non-hydrogen) atoms. The number of hydrogen-bond donors (Lipinski definition) is 2. The van der Waals surface area contributed by atoms with Crippen LogP contribution >= 0.6 is 24.0 Å². The van der Waals surface area contributed by atoms with E-state index in [1.54, 1.807) is 6.92 Å². The third kappa shape index (κ3) is 8.54. The molecule has 2 saturated heterocycles. The Hall–Kier alpha value is -0.610. The standard InChI is InChI=1S/C17H34N6O.HI/c1-16(24)23-14-12-22(13-15-23)11-7-20-17(18-2)19-6-10-21-8-4-3-5-9-21;/h3-15H2,1-2H3,(H2,18,19,20);1H. The second kappa shape index (κ2) is 12.7. The first-order valence-electron chi connectivity index (χ1n) is 9.34. The first kappa shape index (κ1) is 22.4. The van der Waals surface area contributed by atoms with Crippen LogP contribution in [0.25, 0.3) is 0 Å². The van der Waals surface area contributed by atoms with E-state index < -0.39 is 0 Å². The SMILES string of the molecule is CN=C(NCCN1CCCCC1)NCCN1CCN(C(C)=O)CC1.I. The van der Waals surface area contributed by atoms with Crippen molar-refractivity contribution in [3.8, 4) is 0 Å². The second-order valence-electron chi connectivity index (χ2n) is 6.68. The number of piperazine rings is 1. The molecule has 0 saturated carbocycles. The molecule has 0 unspecified atom stereocenters. The average Bonchev–Trinajstić information content (AvgIpc) is 2.61. The molecular weight excluding hydrogens is 431 g/mol. The molecular formula is C17H35IN6O. The smallest absolute Gasteiger partial charge is 0.219 e. The molecule has 0 radical (unpaired) electrons. The molecule has 0 aromatic rings. The largest absolute Gasteiger partial charge is 0.355 e. The fraction of sp³-hybridized carbons (Fsp3) is 0.882. The molecule has 2 fully saturated rings. The normalized spacial score (nSPS) is 20.1. The van der Waals surface area contributed by atoms with Gasteiger partial charge in [0.2, 0.25) is 5.91 Å². The molecule has 0 atom stereocenters. The van der Waals surface area contributed by atoms with Crippen LogP contribution < -0.4 is 10.6 Å². The summed E-state index contributed by atoms with van der Waals surface area (Å²) in [6.07, 6.45) is 4.06. The number of hydrogen-bond acceptors (Lipinski definition) is 4. The molecule has 146 valence electrons. The van der Waals surface area contributed by atoms with E-state index >= 15 is 0 Å². The third-order valence-corrected chi connectivity index (χ3v) is 4.93. The molecule has 7 nitrogen and oxygen atoms in total. The van der Waals surface area contributed by atoms with Gasteiger partial charge in [-0.25, -0.2) is 0 Å². The molecule has 2 N–H and O–H groups in total. The number of likely N-dealkylation sites (tertiary alicyclic amines) is 1. The van der Waals surface area contributed by atoms with E-state index in [9.17, 15) is 4.79 Å². The number of halogens is 1. The Morgan fingerprint density at radius 2 is 1.40 bits per heavy atom. The van der Waals surface area contributed by atoms with E-state index in [2.05, 4.69) is 25.4 Å². The van der Waals surface area contributed by atoms with E-state index in [0.717, 1.165) is 58.3 Å². The Labute approximate surface area is 169 Å². The predicted molar refractivity (Wildman–Crippen MR) is 114 cm³/mol. The first-order chi connectivity index (χ1) is 11.7. The van der Waals surface area contributed by atoms with Gasteiger partial charge in [-0.2, -0.15) is 0 Å². The van der Waals surface area contributed by atoms with Crippen molar-refractivity contribution in [1.82, 2.24) is 25.3 Å². The van der Waals surface area contributed by atoms with Gasteiger partial charge in [0, 0.05) is 66.3 Å². The minimum Gasteiger partial charge on any atom is -0.355 e. The molecule has 1 amide bonds. The molecule has 0 aromatic heterocycles. The van der Waals surface area contributed by atoms with E-state index in [1.807, 2.05) is 11.9 Å². The Kier molecular flexibility index (Phi) is 11.4. The topological polar surface area (TPSA) is 63.2 Å². The van der Waals surface area contributed by atoms with Gasteiger partial charge in [-0.05, 0) is 25.9 Å². The van der Waals surface area contributed by atoms with Crippen molar-refractivity contribution in [1.29, 1.82) is 0 Å². The maximum Gasteiger partial charge on any atom is 0.219 e. The molecule has 2 rings (SSSR count). The monoisotopic (exact) mass is 466 g/mol. The van der Waals surface area contributed by atoms with E-state index in [4.69, 9.17) is 0 Å². The quantitative estimate of drug-likeness (QED) is 0.338. The summed E-state index contributed by atoms with van der Waals surface area (Å²) in [6, 6.07) is 0. The van der Waals surface area contributed by atoms with Crippen molar-refractivity contribution in [2.24, 2.45) is 4.99 Å². The maximum atomic E-state index is 11.3. The van der Waals surface area contributed by atoms with E-state index in [0.29, 0.717) is 0 Å². The Morgan fingerprint density at radius 1 is 0.880 bits per heavy atom. The fourth-order valence-corrected chi connectivity index (χ4v) is 3.35. The van der Waals surface area contributed by atoms with Crippen molar-refractivity contribution in [3.05, 3.63) is 0 Å². The number of nitrogens with zero attached hydrogens (tertiary/aromatic N) is 4. The van der Waals surface area contributed by atoms with Gasteiger partial charge >= 0.3 is 0 Å². The molecule has 2 aliphatic heterocycles. The number of amides is 1. The molecule has 0 aromatic carbocycles. The summed E-state index contributed by atoms with van der Waals surface area (Å²) in [5.41, 5.74) is 0. The summed E-state index contributed by atoms with van der Waals surface area (Å²) in [4.78, 5) is 22.5. The highest BCUT2D eigenvalue weighted by Crippen LogP contribution is 2.07. The average molecular weight is 466 g/mol. The second-order valence-corrected chi connectivity index (χ2v) is 6.68. The molecule has 0 bridgehead atoms. The van der Waals surface area contributed by atoms with Gasteiger partial charge in [0.05, 0.1) is 0 Å². The highest BCUT2D eigenvalue weighted by molar-refractivity contribution is 14.0. The summed E-state index contributed by atoms with van der Waals surface area (Å²) in [6.45, 7) is 11.6. The lowest BCUT2D eigenvalue weighted by molar-refractivity contribution is -0.130. The van der Waals surface area contributed by atoms with Crippen molar-refractivity contribution >= 4 is 35.8 Å². The van der Waals surface area contributed by atoms with Crippen molar-refractivity contribution in [2.75, 3.05) is 72.5 Å². The van der Waals surface area contributed by atoms with E-state index in [-0.39, 0.29) is 29.9 Å². The Bertz CT molecular complexity index is 406. The number of piperidine rings is 1. The lowest BCUT2D eigenvalue weighted by atomic mass is 10.1. The maximum absolute atomic E-state index is 11.3. The van der Waals surface area contributed by atoms with Crippen LogP contribution in [0.4, 0.5) is 0 Å². The van der Waals surface area contributed by atoms with Crippen molar-refractivity contribution < 1.29 is 4.79 Å². The molecule has 2 aliphatic rings. The number of nitrogens with one attached hydrogen (secondary N) is 2. The fourth-order valence-electron chi connectivity index (χ4n) is 3.35. The number of rotatable bonds is 6. The number of aliphatic imine (C=N–C) groups is 1. The zero-order valence-electron chi connectivity index (χ0n) is 15.8. The zero-order valence-corrected chi connectivity index (χ0v) is 18.1. The van der Waals surface area contributed by atoms with Crippen molar-refractivity contribution in [3.63, 3.8) is 0 Å². The van der Waals surface area contributed by atoms with Gasteiger partial charge in [-0.1, -0.05) is 6.42 Å². The minimum absolute atomic E-state index is 0. The Morgan fingerprint density at radius 3 is 1.88 bits per heavy atom. The van der Waals surface area contributed by atoms with Crippen LogP contribution in [-0.2, 0) is 4.79 Å². The van der Waals surface area contributed by atoms with Crippen LogP contribution in [-0.4, -0.2) is 99.1 Å². The van der Waals surface area contributed by atoms with Crippen LogP contribution in [0, 0.1) is 0 Å². The van der Waals surface area contributed by atoms with E-state index in [1.165, 1.54) is 32.4 Å². The highest BCUT2D eigenvalue weighted by Gasteiger charge is 2.17. The Balaban J connectivity index is 0.00000312. The van der Waals surface area contributed by atoms with Crippen LogP contribution in [0.15, 0.2) is 4.99 Å². The minimum atomic E-state index is 0. The number of guanidine groups is 1. The van der Waals surface area contributed by atoms with Gasteiger partial charge in [-0.15, -0.1) is 24.0 Å². The third-order valence-electron chi connectivity index (χ3n) is 4.93. The van der Waals surface area contributed by atoms with Crippen LogP contribution in [0.1, 0.15) is 26.2 Å². The van der Waals surface area contributed by atoms with Gasteiger partial charge in [0.25, 0.3) is 0 Å². The summed E-state index contributed by atoms with van der Waals surface area (Å²) >= 11 is 0. The molecule has 2 heterocycles. The van der Waals surface area contributed by atoms with Gasteiger partial charge in [0.1, 0.15) is 0 Å². The lowest BCUT2D eigenvalue weighted by Crippen LogP contribution is -2.50. The molecule has 0 spiro atoms. The summed E-state index contributed by atoms with van der Waals surface area (Å²) in [5, 5.41) is 6.79. The predicted octanol–water partition coefficient (Wildman–Crippen LogP) is 0.419. The summed E-state index contributed by atoms with van der Waals surface area (Å²) < 4.78 is 0. The zero-order chi connectivity index (χ0) is 17.2. The molecule has 0 aliphatic carbocycles. The highest BCUT2D eigenvalue weighted by atomic mass is 127. The summed E-state index contributed by atoms with van der Waals surface area (Å²) in [7, 11) is 1.82. The number of carbonyl (C=O) groups excluding carboxylic acids is 1. The molecule has 8 heteroatoms. The first-order valence-corrected chi connectivity index (χ1v) is 9.34. The van der Waals surface area contributed by atoms with Gasteiger partial charge in [0.15, 0.2) is 5.96 Å². The van der Waals surface area contributed by atoms with Crippen molar-refractivity contribution in [2.45, 2.75) is 26.2 Å². The summed E-state index contributed by atoms with van der Waals surface area (Å²) in [5.74, 6) is 1.07. The lowest BCUT2D eigenvalue weighted by Gasteiger charge is -2.34. The van der Waals surface area contributed by atoms with Crippen LogP contribution in [0.2, 0.25) is 0 Å². The van der Waals surface area contributed by atoms with Crippen LogP contribution in [0.3, 0.4) is 0 Å². The van der Waals surface area contributed by atoms with Gasteiger partial charge < -0.3 is 20.4 Å². The number of carbonyl (C=O) groups is 1.